The summed E-state index contributed by atoms with van der Waals surface area (Å²) in [4.78, 5) is 16.4. The van der Waals surface area contributed by atoms with E-state index in [4.69, 9.17) is 9.47 Å². The third-order valence-corrected chi connectivity index (χ3v) is 3.86. The summed E-state index contributed by atoms with van der Waals surface area (Å²) in [6, 6.07) is 6.04. The molecule has 1 saturated heterocycles. The van der Waals surface area contributed by atoms with Crippen molar-refractivity contribution in [3.63, 3.8) is 0 Å². The molecule has 0 saturated carbocycles. The normalized spacial score (nSPS) is 16.5. The molecule has 1 fully saturated rings. The maximum atomic E-state index is 11.8. The van der Waals surface area contributed by atoms with Gasteiger partial charge in [0.2, 0.25) is 0 Å². The number of benzene rings is 1. The first kappa shape index (κ1) is 13.1. The number of imidazole rings is 1. The number of nitrogens with zero attached hydrogens (tertiary/aromatic N) is 2. The molecule has 5 heteroatoms. The number of esters is 1. The van der Waals surface area contributed by atoms with Gasteiger partial charge in [-0.1, -0.05) is 6.07 Å². The smallest absolute Gasteiger partial charge is 0.340 e. The fourth-order valence-electron chi connectivity index (χ4n) is 2.91. The van der Waals surface area contributed by atoms with E-state index >= 15 is 0 Å². The first-order chi connectivity index (χ1) is 9.72. The Hall–Kier alpha value is -1.88. The quantitative estimate of drug-likeness (QED) is 0.789. The lowest BCUT2D eigenvalue weighted by atomic mass is 10.1. The molecule has 1 aliphatic rings. The summed E-state index contributed by atoms with van der Waals surface area (Å²) in [6.45, 7) is 3.54. The predicted octanol–water partition coefficient (Wildman–Crippen LogP) is 2.48. The Bertz CT molecular complexity index is 642. The second kappa shape index (κ2) is 5.25. The van der Waals surface area contributed by atoms with Crippen LogP contribution in [0, 0.1) is 6.92 Å². The molecule has 0 radical (unpaired) electrons. The zero-order valence-corrected chi connectivity index (χ0v) is 11.8. The number of aryl methyl sites for hydroxylation is 1. The van der Waals surface area contributed by atoms with Crippen molar-refractivity contribution in [3.8, 4) is 0 Å². The molecule has 5 nitrogen and oxygen atoms in total. The topological polar surface area (TPSA) is 53.3 Å². The zero-order chi connectivity index (χ0) is 14.1. The zero-order valence-electron chi connectivity index (χ0n) is 11.8. The predicted molar refractivity (Wildman–Crippen MR) is 74.9 cm³/mol. The molecule has 2 aromatic rings. The molecule has 0 aliphatic carbocycles. The van der Waals surface area contributed by atoms with E-state index in [-0.39, 0.29) is 5.97 Å². The molecule has 0 amide bonds. The number of rotatable bonds is 2. The average Bonchev–Trinajstić information content (AvgIpc) is 2.83. The minimum atomic E-state index is -0.341. The summed E-state index contributed by atoms with van der Waals surface area (Å²) in [6.07, 6.45) is 1.96. The molecular weight excluding hydrogens is 256 g/mol. The lowest BCUT2D eigenvalue weighted by molar-refractivity contribution is 0.0602. The minimum absolute atomic E-state index is 0.341. The Morgan fingerprint density at radius 3 is 2.85 bits per heavy atom. The number of aromatic nitrogens is 2. The molecule has 20 heavy (non-hydrogen) atoms. The summed E-state index contributed by atoms with van der Waals surface area (Å²) >= 11 is 0. The highest BCUT2D eigenvalue weighted by atomic mass is 16.5. The van der Waals surface area contributed by atoms with Gasteiger partial charge in [0.1, 0.15) is 11.3 Å². The lowest BCUT2D eigenvalue weighted by Crippen LogP contribution is -2.20. The van der Waals surface area contributed by atoms with Gasteiger partial charge in [-0.3, -0.25) is 0 Å². The van der Waals surface area contributed by atoms with Crippen LogP contribution in [0.15, 0.2) is 18.2 Å². The highest BCUT2D eigenvalue weighted by Crippen LogP contribution is 2.29. The largest absolute Gasteiger partial charge is 0.465 e. The van der Waals surface area contributed by atoms with E-state index in [1.54, 1.807) is 6.07 Å². The van der Waals surface area contributed by atoms with Crippen LogP contribution in [0.4, 0.5) is 0 Å². The van der Waals surface area contributed by atoms with E-state index < -0.39 is 0 Å². The summed E-state index contributed by atoms with van der Waals surface area (Å²) in [7, 11) is 1.39. The third-order valence-electron chi connectivity index (χ3n) is 3.86. The Morgan fingerprint density at radius 2 is 2.15 bits per heavy atom. The summed E-state index contributed by atoms with van der Waals surface area (Å²) < 4.78 is 12.5. The van der Waals surface area contributed by atoms with Gasteiger partial charge in [0.05, 0.1) is 18.2 Å². The minimum Gasteiger partial charge on any atom is -0.465 e. The highest BCUT2D eigenvalue weighted by molar-refractivity contribution is 6.02. The molecule has 2 heterocycles. The first-order valence-electron chi connectivity index (χ1n) is 6.86. The van der Waals surface area contributed by atoms with Gasteiger partial charge in [-0.05, 0) is 31.9 Å². The van der Waals surface area contributed by atoms with E-state index in [1.165, 1.54) is 7.11 Å². The number of methoxy groups -OCH3 is 1. The molecule has 0 spiro atoms. The van der Waals surface area contributed by atoms with Crippen LogP contribution in [0.1, 0.15) is 35.1 Å². The number of hydrogen-bond donors (Lipinski definition) is 0. The van der Waals surface area contributed by atoms with Crippen molar-refractivity contribution in [1.29, 1.82) is 0 Å². The second-order valence-electron chi connectivity index (χ2n) is 5.04. The average molecular weight is 274 g/mol. The molecule has 0 atom stereocenters. The van der Waals surface area contributed by atoms with Gasteiger partial charge in [0.15, 0.2) is 0 Å². The Kier molecular flexibility index (Phi) is 3.44. The van der Waals surface area contributed by atoms with Gasteiger partial charge in [-0.2, -0.15) is 0 Å². The van der Waals surface area contributed by atoms with Crippen LogP contribution in [0.2, 0.25) is 0 Å². The molecule has 1 aromatic carbocycles. The van der Waals surface area contributed by atoms with Crippen molar-refractivity contribution >= 4 is 17.0 Å². The van der Waals surface area contributed by atoms with Gasteiger partial charge in [0, 0.05) is 19.3 Å². The molecule has 1 aromatic heterocycles. The maximum absolute atomic E-state index is 11.8. The van der Waals surface area contributed by atoms with Crippen LogP contribution in [0.5, 0.6) is 0 Å². The molecule has 1 aliphatic heterocycles. The van der Waals surface area contributed by atoms with Gasteiger partial charge in [-0.25, -0.2) is 9.78 Å². The monoisotopic (exact) mass is 274 g/mol. The first-order valence-corrected chi connectivity index (χ1v) is 6.86. The maximum Gasteiger partial charge on any atom is 0.340 e. The lowest BCUT2D eigenvalue weighted by Gasteiger charge is -2.25. The molecule has 3 rings (SSSR count). The van der Waals surface area contributed by atoms with Gasteiger partial charge in [0.25, 0.3) is 0 Å². The molecular formula is C15H18N2O3. The molecule has 0 unspecified atom stereocenters. The van der Waals surface area contributed by atoms with Crippen molar-refractivity contribution in [2.24, 2.45) is 0 Å². The van der Waals surface area contributed by atoms with E-state index in [0.29, 0.717) is 11.6 Å². The standard InChI is InChI=1S/C15H18N2O3/c1-10-16-14-12(15(18)19-2)4-3-5-13(14)17(10)11-6-8-20-9-7-11/h3-5,11H,6-9H2,1-2H3. The molecule has 0 bridgehead atoms. The Labute approximate surface area is 117 Å². The number of fused-ring (bicyclic) bond motifs is 1. The second-order valence-corrected chi connectivity index (χ2v) is 5.04. The van der Waals surface area contributed by atoms with Crippen LogP contribution >= 0.6 is 0 Å². The van der Waals surface area contributed by atoms with Crippen LogP contribution < -0.4 is 0 Å². The van der Waals surface area contributed by atoms with E-state index in [1.807, 2.05) is 19.1 Å². The fraction of sp³-hybridized carbons (Fsp3) is 0.467. The van der Waals surface area contributed by atoms with Crippen LogP contribution in [0.25, 0.3) is 11.0 Å². The van der Waals surface area contributed by atoms with Crippen molar-refractivity contribution in [1.82, 2.24) is 9.55 Å². The Balaban J connectivity index is 2.13. The summed E-state index contributed by atoms with van der Waals surface area (Å²) in [5.74, 6) is 0.593. The molecule has 106 valence electrons. The van der Waals surface area contributed by atoms with E-state index in [2.05, 4.69) is 9.55 Å². The fourth-order valence-corrected chi connectivity index (χ4v) is 2.91. The third kappa shape index (κ3) is 2.08. The summed E-state index contributed by atoms with van der Waals surface area (Å²) in [5, 5.41) is 0. The van der Waals surface area contributed by atoms with Crippen molar-refractivity contribution in [2.45, 2.75) is 25.8 Å². The van der Waals surface area contributed by atoms with Crippen molar-refractivity contribution in [2.75, 3.05) is 20.3 Å². The Morgan fingerprint density at radius 1 is 1.40 bits per heavy atom. The number of carbonyl (C=O) groups is 1. The van der Waals surface area contributed by atoms with Crippen LogP contribution in [-0.2, 0) is 9.47 Å². The molecule has 0 N–H and O–H groups in total. The number of carbonyl (C=O) groups excluding carboxylic acids is 1. The van der Waals surface area contributed by atoms with Crippen LogP contribution in [0.3, 0.4) is 0 Å². The SMILES string of the molecule is COC(=O)c1cccc2c1nc(C)n2C1CCOCC1. The van der Waals surface area contributed by atoms with E-state index in [9.17, 15) is 4.79 Å². The van der Waals surface area contributed by atoms with Gasteiger partial charge >= 0.3 is 5.97 Å². The van der Waals surface area contributed by atoms with E-state index in [0.717, 1.165) is 42.9 Å². The number of para-hydroxylation sites is 1. The van der Waals surface area contributed by atoms with Crippen molar-refractivity contribution < 1.29 is 14.3 Å². The van der Waals surface area contributed by atoms with Gasteiger partial charge in [-0.15, -0.1) is 0 Å². The van der Waals surface area contributed by atoms with Gasteiger partial charge < -0.3 is 14.0 Å². The van der Waals surface area contributed by atoms with Crippen LogP contribution in [-0.4, -0.2) is 35.8 Å². The summed E-state index contributed by atoms with van der Waals surface area (Å²) in [5.41, 5.74) is 2.25. The van der Waals surface area contributed by atoms with Crippen molar-refractivity contribution in [3.05, 3.63) is 29.6 Å². The number of hydrogen-bond acceptors (Lipinski definition) is 4. The highest BCUT2D eigenvalue weighted by Gasteiger charge is 2.22. The number of ether oxygens (including phenoxy) is 2.